The molecule has 1 N–H and O–H groups in total. The van der Waals surface area contributed by atoms with E-state index in [2.05, 4.69) is 10.2 Å². The lowest BCUT2D eigenvalue weighted by Crippen LogP contribution is -2.44. The molecule has 2 heterocycles. The maximum absolute atomic E-state index is 12.1. The van der Waals surface area contributed by atoms with Crippen LogP contribution in [0.5, 0.6) is 0 Å². The predicted octanol–water partition coefficient (Wildman–Crippen LogP) is 2.64. The Labute approximate surface area is 140 Å². The molecule has 0 spiro atoms. The summed E-state index contributed by atoms with van der Waals surface area (Å²) in [4.78, 5) is 17.2. The van der Waals surface area contributed by atoms with Crippen molar-refractivity contribution < 1.29 is 9.53 Å². The first-order valence-corrected chi connectivity index (χ1v) is 8.28. The molecule has 1 atom stereocenters. The summed E-state index contributed by atoms with van der Waals surface area (Å²) in [6, 6.07) is 0.341. The van der Waals surface area contributed by atoms with E-state index in [9.17, 15) is 4.79 Å². The average Bonchev–Trinajstić information content (AvgIpc) is 2.80. The molecule has 6 heteroatoms. The van der Waals surface area contributed by atoms with Crippen molar-refractivity contribution in [3.63, 3.8) is 0 Å². The van der Waals surface area contributed by atoms with E-state index in [-0.39, 0.29) is 13.5 Å². The van der Waals surface area contributed by atoms with Crippen molar-refractivity contribution >= 4 is 23.3 Å². The average molecular weight is 330 g/mol. The third-order valence-electron chi connectivity index (χ3n) is 3.82. The standard InChI is InChI=1S/C15H27N3O2S.CH4/c1-15(2,3)20-14(19)18-9-5-8-17(10-11-18)13(21)12-6-4-7-16-12;/h12,16H,4-11H2,1-3H3;1H4. The third kappa shape index (κ3) is 5.39. The van der Waals surface area contributed by atoms with E-state index in [1.807, 2.05) is 20.8 Å². The van der Waals surface area contributed by atoms with Gasteiger partial charge in [-0.2, -0.15) is 0 Å². The van der Waals surface area contributed by atoms with Gasteiger partial charge in [0, 0.05) is 26.2 Å². The van der Waals surface area contributed by atoms with Gasteiger partial charge in [0.05, 0.1) is 11.0 Å². The third-order valence-corrected chi connectivity index (χ3v) is 4.36. The molecule has 2 rings (SSSR count). The highest BCUT2D eigenvalue weighted by Crippen LogP contribution is 2.15. The van der Waals surface area contributed by atoms with Crippen LogP contribution in [0.4, 0.5) is 4.79 Å². The summed E-state index contributed by atoms with van der Waals surface area (Å²) >= 11 is 5.61. The molecule has 2 saturated heterocycles. The number of rotatable bonds is 1. The Morgan fingerprint density at radius 2 is 1.77 bits per heavy atom. The van der Waals surface area contributed by atoms with Crippen molar-refractivity contribution in [2.45, 2.75) is 59.1 Å². The number of carbonyl (C=O) groups is 1. The lowest BCUT2D eigenvalue weighted by atomic mass is 10.2. The van der Waals surface area contributed by atoms with Crippen molar-refractivity contribution in [2.24, 2.45) is 0 Å². The Bertz CT molecular complexity index is 389. The molecule has 5 nitrogen and oxygen atoms in total. The van der Waals surface area contributed by atoms with Crippen LogP contribution in [0.3, 0.4) is 0 Å². The normalized spacial score (nSPS) is 22.8. The number of thiocarbonyl (C=S) groups is 1. The maximum Gasteiger partial charge on any atom is 0.410 e. The molecule has 1 amide bonds. The van der Waals surface area contributed by atoms with E-state index in [1.165, 1.54) is 6.42 Å². The Morgan fingerprint density at radius 3 is 2.36 bits per heavy atom. The topological polar surface area (TPSA) is 44.8 Å². The number of hydrogen-bond donors (Lipinski definition) is 1. The first-order valence-electron chi connectivity index (χ1n) is 7.87. The summed E-state index contributed by atoms with van der Waals surface area (Å²) in [5.41, 5.74) is -0.438. The van der Waals surface area contributed by atoms with Gasteiger partial charge >= 0.3 is 6.09 Å². The van der Waals surface area contributed by atoms with Crippen molar-refractivity contribution in [2.75, 3.05) is 32.7 Å². The second kappa shape index (κ2) is 8.11. The number of amides is 1. The fraction of sp³-hybridized carbons (Fsp3) is 0.875. The van der Waals surface area contributed by atoms with E-state index in [0.717, 1.165) is 44.0 Å². The molecule has 0 aliphatic carbocycles. The number of hydrogen-bond acceptors (Lipinski definition) is 4. The zero-order valence-electron chi connectivity index (χ0n) is 13.4. The zero-order valence-corrected chi connectivity index (χ0v) is 14.2. The summed E-state index contributed by atoms with van der Waals surface area (Å²) in [5.74, 6) is 0. The van der Waals surface area contributed by atoms with Crippen LogP contribution in [0.15, 0.2) is 0 Å². The van der Waals surface area contributed by atoms with Gasteiger partial charge < -0.3 is 19.9 Å². The second-order valence-electron chi connectivity index (χ2n) is 6.80. The van der Waals surface area contributed by atoms with E-state index in [1.54, 1.807) is 4.90 Å². The summed E-state index contributed by atoms with van der Waals surface area (Å²) in [7, 11) is 0. The molecule has 0 radical (unpaired) electrons. The van der Waals surface area contributed by atoms with Crippen LogP contribution >= 0.6 is 12.2 Å². The number of carbonyl (C=O) groups excluding carboxylic acids is 1. The predicted molar refractivity (Wildman–Crippen MR) is 94.4 cm³/mol. The fourth-order valence-electron chi connectivity index (χ4n) is 2.76. The first kappa shape index (κ1) is 19.2. The quantitative estimate of drug-likeness (QED) is 0.749. The lowest BCUT2D eigenvalue weighted by molar-refractivity contribution is 0.0260. The van der Waals surface area contributed by atoms with Gasteiger partial charge in [-0.25, -0.2) is 4.79 Å². The highest BCUT2D eigenvalue weighted by molar-refractivity contribution is 7.80. The van der Waals surface area contributed by atoms with Crippen LogP contribution in [-0.2, 0) is 4.74 Å². The van der Waals surface area contributed by atoms with Crippen LogP contribution in [-0.4, -0.2) is 65.2 Å². The minimum absolute atomic E-state index is 0. The number of nitrogens with zero attached hydrogens (tertiary/aromatic N) is 2. The minimum Gasteiger partial charge on any atom is -0.444 e. The Kier molecular flexibility index (Phi) is 7.06. The van der Waals surface area contributed by atoms with Gasteiger partial charge in [-0.3, -0.25) is 0 Å². The number of nitrogens with one attached hydrogen (secondary N) is 1. The summed E-state index contributed by atoms with van der Waals surface area (Å²) < 4.78 is 5.45. The largest absolute Gasteiger partial charge is 0.444 e. The van der Waals surface area contributed by atoms with Crippen molar-refractivity contribution in [3.05, 3.63) is 0 Å². The zero-order chi connectivity index (χ0) is 15.5. The van der Waals surface area contributed by atoms with E-state index in [0.29, 0.717) is 12.6 Å². The van der Waals surface area contributed by atoms with Crippen molar-refractivity contribution in [3.8, 4) is 0 Å². The molecule has 1 unspecified atom stereocenters. The smallest absolute Gasteiger partial charge is 0.410 e. The van der Waals surface area contributed by atoms with E-state index in [4.69, 9.17) is 17.0 Å². The van der Waals surface area contributed by atoms with Gasteiger partial charge in [0.2, 0.25) is 0 Å². The molecular formula is C16H31N3O2S. The highest BCUT2D eigenvalue weighted by atomic mass is 32.1. The van der Waals surface area contributed by atoms with Gasteiger partial charge in [-0.1, -0.05) is 19.6 Å². The Balaban J connectivity index is 0.00000242. The van der Waals surface area contributed by atoms with Gasteiger partial charge in [-0.05, 0) is 46.6 Å². The monoisotopic (exact) mass is 329 g/mol. The molecule has 0 aromatic carbocycles. The van der Waals surface area contributed by atoms with Crippen LogP contribution in [0, 0.1) is 0 Å². The van der Waals surface area contributed by atoms with Gasteiger partial charge in [0.25, 0.3) is 0 Å². The summed E-state index contributed by atoms with van der Waals surface area (Å²) in [6.07, 6.45) is 3.05. The van der Waals surface area contributed by atoms with Gasteiger partial charge in [0.15, 0.2) is 0 Å². The lowest BCUT2D eigenvalue weighted by Gasteiger charge is -2.28. The molecule has 2 fully saturated rings. The molecular weight excluding hydrogens is 298 g/mol. The van der Waals surface area contributed by atoms with Crippen LogP contribution in [0.1, 0.15) is 47.5 Å². The highest BCUT2D eigenvalue weighted by Gasteiger charge is 2.28. The van der Waals surface area contributed by atoms with E-state index >= 15 is 0 Å². The molecule has 0 aromatic rings. The van der Waals surface area contributed by atoms with Crippen LogP contribution in [0.25, 0.3) is 0 Å². The second-order valence-corrected chi connectivity index (χ2v) is 7.21. The van der Waals surface area contributed by atoms with E-state index < -0.39 is 5.60 Å². The minimum atomic E-state index is -0.438. The fourth-order valence-corrected chi connectivity index (χ4v) is 3.15. The van der Waals surface area contributed by atoms with Crippen molar-refractivity contribution in [1.29, 1.82) is 0 Å². The Hall–Kier alpha value is -0.880. The SMILES string of the molecule is C.CC(C)(C)OC(=O)N1CCCN(C(=S)C2CCCN2)CC1. The summed E-state index contributed by atoms with van der Waals surface area (Å²) in [5, 5.41) is 3.45. The van der Waals surface area contributed by atoms with Gasteiger partial charge in [0.1, 0.15) is 5.60 Å². The molecule has 2 aliphatic heterocycles. The van der Waals surface area contributed by atoms with Crippen molar-refractivity contribution in [1.82, 2.24) is 15.1 Å². The summed E-state index contributed by atoms with van der Waals surface area (Å²) in [6.45, 7) is 9.91. The molecule has 0 bridgehead atoms. The van der Waals surface area contributed by atoms with Gasteiger partial charge in [-0.15, -0.1) is 0 Å². The molecule has 128 valence electrons. The molecule has 22 heavy (non-hydrogen) atoms. The van der Waals surface area contributed by atoms with Crippen LogP contribution in [0.2, 0.25) is 0 Å². The number of ether oxygens (including phenoxy) is 1. The molecule has 0 saturated carbocycles. The molecule has 0 aromatic heterocycles. The first-order chi connectivity index (χ1) is 9.87. The van der Waals surface area contributed by atoms with Crippen LogP contribution < -0.4 is 5.32 Å². The molecule has 2 aliphatic rings. The Morgan fingerprint density at radius 1 is 1.14 bits per heavy atom. The maximum atomic E-state index is 12.1.